The van der Waals surface area contributed by atoms with Crippen LogP contribution in [0.3, 0.4) is 0 Å². The molecule has 0 bridgehead atoms. The summed E-state index contributed by atoms with van der Waals surface area (Å²) in [5, 5.41) is 0. The largest absolute Gasteiger partial charge is 0.376 e. The summed E-state index contributed by atoms with van der Waals surface area (Å²) >= 11 is 0. The minimum atomic E-state index is 0.0444. The Balaban J connectivity index is 2.00. The maximum Gasteiger partial charge on any atom is 0.0936 e. The molecule has 0 N–H and O–H groups in total. The van der Waals surface area contributed by atoms with E-state index < -0.39 is 0 Å². The van der Waals surface area contributed by atoms with Gasteiger partial charge in [-0.05, 0) is 34.7 Å². The third-order valence-electron chi connectivity index (χ3n) is 4.82. The van der Waals surface area contributed by atoms with Gasteiger partial charge in [-0.2, -0.15) is 0 Å². The van der Waals surface area contributed by atoms with Gasteiger partial charge < -0.3 is 4.74 Å². The molecule has 1 aliphatic carbocycles. The minimum Gasteiger partial charge on any atom is -0.376 e. The van der Waals surface area contributed by atoms with Gasteiger partial charge in [0.1, 0.15) is 0 Å². The standard InChI is InChI=1S/C22H20O/c1-15-12-13-19-20(14-15)17-10-6-7-11-18(17)21(22(19)23-2)16-8-4-3-5-9-16/h3-14,21-22H,1-2H3. The lowest BCUT2D eigenvalue weighted by Gasteiger charge is -2.35. The Labute approximate surface area is 137 Å². The SMILES string of the molecule is COC1c2ccc(C)cc2-c2ccccc2C1c1ccccc1. The van der Waals surface area contributed by atoms with Gasteiger partial charge in [-0.25, -0.2) is 0 Å². The molecule has 0 fully saturated rings. The van der Waals surface area contributed by atoms with E-state index >= 15 is 0 Å². The number of benzene rings is 3. The van der Waals surface area contributed by atoms with Crippen LogP contribution in [0.1, 0.15) is 34.3 Å². The highest BCUT2D eigenvalue weighted by Gasteiger charge is 2.34. The summed E-state index contributed by atoms with van der Waals surface area (Å²) in [6, 6.07) is 26.1. The molecule has 0 spiro atoms. The van der Waals surface area contributed by atoms with Gasteiger partial charge in [0.05, 0.1) is 6.10 Å². The summed E-state index contributed by atoms with van der Waals surface area (Å²) in [7, 11) is 1.82. The summed E-state index contributed by atoms with van der Waals surface area (Å²) in [6.07, 6.45) is 0.0444. The molecule has 0 saturated carbocycles. The van der Waals surface area contributed by atoms with Gasteiger partial charge in [0, 0.05) is 13.0 Å². The Morgan fingerprint density at radius 3 is 2.26 bits per heavy atom. The van der Waals surface area contributed by atoms with Crippen molar-refractivity contribution in [1.29, 1.82) is 0 Å². The first-order chi connectivity index (χ1) is 11.3. The fraction of sp³-hybridized carbons (Fsp3) is 0.182. The first-order valence-electron chi connectivity index (χ1n) is 8.07. The molecule has 1 heteroatoms. The van der Waals surface area contributed by atoms with Gasteiger partial charge in [-0.15, -0.1) is 0 Å². The molecule has 4 rings (SSSR count). The molecule has 3 aromatic rings. The van der Waals surface area contributed by atoms with E-state index in [0.717, 1.165) is 0 Å². The monoisotopic (exact) mass is 300 g/mol. The highest BCUT2D eigenvalue weighted by Crippen LogP contribution is 2.50. The normalized spacial score (nSPS) is 19.0. The van der Waals surface area contributed by atoms with Crippen molar-refractivity contribution < 1.29 is 4.74 Å². The van der Waals surface area contributed by atoms with E-state index in [0.29, 0.717) is 0 Å². The van der Waals surface area contributed by atoms with Gasteiger partial charge in [-0.3, -0.25) is 0 Å². The molecule has 0 radical (unpaired) electrons. The van der Waals surface area contributed by atoms with Crippen LogP contribution in [0.2, 0.25) is 0 Å². The van der Waals surface area contributed by atoms with Crippen LogP contribution < -0.4 is 0 Å². The summed E-state index contributed by atoms with van der Waals surface area (Å²) < 4.78 is 5.98. The van der Waals surface area contributed by atoms with Crippen molar-refractivity contribution in [2.24, 2.45) is 0 Å². The zero-order chi connectivity index (χ0) is 15.8. The summed E-state index contributed by atoms with van der Waals surface area (Å²) in [5.41, 5.74) is 7.85. The van der Waals surface area contributed by atoms with Gasteiger partial charge >= 0.3 is 0 Å². The van der Waals surface area contributed by atoms with Crippen molar-refractivity contribution in [2.45, 2.75) is 18.9 Å². The van der Waals surface area contributed by atoms with Crippen molar-refractivity contribution in [2.75, 3.05) is 7.11 Å². The lowest BCUT2D eigenvalue weighted by molar-refractivity contribution is 0.0881. The zero-order valence-corrected chi connectivity index (χ0v) is 13.5. The van der Waals surface area contributed by atoms with Crippen LogP contribution in [-0.4, -0.2) is 7.11 Å². The van der Waals surface area contributed by atoms with Crippen LogP contribution in [0.15, 0.2) is 72.8 Å². The number of fused-ring (bicyclic) bond motifs is 3. The van der Waals surface area contributed by atoms with Crippen LogP contribution in [0.5, 0.6) is 0 Å². The van der Waals surface area contributed by atoms with Crippen LogP contribution >= 0.6 is 0 Å². The first-order valence-corrected chi connectivity index (χ1v) is 8.07. The summed E-state index contributed by atoms with van der Waals surface area (Å²) in [6.45, 7) is 2.15. The van der Waals surface area contributed by atoms with Crippen molar-refractivity contribution in [3.8, 4) is 11.1 Å². The third-order valence-corrected chi connectivity index (χ3v) is 4.82. The van der Waals surface area contributed by atoms with Gasteiger partial charge in [0.25, 0.3) is 0 Å². The molecule has 2 unspecified atom stereocenters. The van der Waals surface area contributed by atoms with E-state index in [9.17, 15) is 0 Å². The maximum absolute atomic E-state index is 5.98. The highest BCUT2D eigenvalue weighted by atomic mass is 16.5. The second-order valence-corrected chi connectivity index (χ2v) is 6.22. The van der Waals surface area contributed by atoms with Crippen LogP contribution in [-0.2, 0) is 4.74 Å². The molecule has 1 nitrogen and oxygen atoms in total. The molecule has 2 atom stereocenters. The molecule has 1 aliphatic rings. The van der Waals surface area contributed by atoms with E-state index in [1.807, 2.05) is 7.11 Å². The Morgan fingerprint density at radius 1 is 0.739 bits per heavy atom. The lowest BCUT2D eigenvalue weighted by Crippen LogP contribution is -2.20. The Bertz CT molecular complexity index is 836. The molecular weight excluding hydrogens is 280 g/mol. The van der Waals surface area contributed by atoms with E-state index in [-0.39, 0.29) is 12.0 Å². The number of methoxy groups -OCH3 is 1. The average Bonchev–Trinajstić information content (AvgIpc) is 2.61. The molecule has 23 heavy (non-hydrogen) atoms. The predicted octanol–water partition coefficient (Wildman–Crippen LogP) is 5.50. The topological polar surface area (TPSA) is 9.23 Å². The number of ether oxygens (including phenoxy) is 1. The maximum atomic E-state index is 5.98. The number of hydrogen-bond donors (Lipinski definition) is 0. The summed E-state index contributed by atoms with van der Waals surface area (Å²) in [5.74, 6) is 0.229. The minimum absolute atomic E-state index is 0.0444. The van der Waals surface area contributed by atoms with E-state index in [1.54, 1.807) is 0 Å². The molecular formula is C22H20O. The van der Waals surface area contributed by atoms with Crippen molar-refractivity contribution in [3.63, 3.8) is 0 Å². The van der Waals surface area contributed by atoms with Crippen LogP contribution in [0.4, 0.5) is 0 Å². The average molecular weight is 300 g/mol. The molecule has 0 heterocycles. The Kier molecular flexibility index (Phi) is 3.51. The number of aryl methyl sites for hydroxylation is 1. The second kappa shape index (κ2) is 5.68. The smallest absolute Gasteiger partial charge is 0.0936 e. The first kappa shape index (κ1) is 14.2. The molecule has 0 aromatic heterocycles. The van der Waals surface area contributed by atoms with Gasteiger partial charge in [0.2, 0.25) is 0 Å². The van der Waals surface area contributed by atoms with Crippen molar-refractivity contribution >= 4 is 0 Å². The molecule has 0 aliphatic heterocycles. The van der Waals surface area contributed by atoms with E-state index in [1.165, 1.54) is 33.4 Å². The number of hydrogen-bond acceptors (Lipinski definition) is 1. The van der Waals surface area contributed by atoms with Gasteiger partial charge in [-0.1, -0.05) is 78.4 Å². The highest BCUT2D eigenvalue weighted by molar-refractivity contribution is 5.76. The van der Waals surface area contributed by atoms with Crippen molar-refractivity contribution in [3.05, 3.63) is 95.1 Å². The third kappa shape index (κ3) is 2.29. The van der Waals surface area contributed by atoms with Crippen LogP contribution in [0.25, 0.3) is 11.1 Å². The van der Waals surface area contributed by atoms with Gasteiger partial charge in [0.15, 0.2) is 0 Å². The van der Waals surface area contributed by atoms with Crippen LogP contribution in [0, 0.1) is 6.92 Å². The second-order valence-electron chi connectivity index (χ2n) is 6.22. The molecule has 3 aromatic carbocycles. The Hall–Kier alpha value is -2.38. The van der Waals surface area contributed by atoms with E-state index in [2.05, 4.69) is 79.7 Å². The lowest BCUT2D eigenvalue weighted by atomic mass is 9.73. The summed E-state index contributed by atoms with van der Waals surface area (Å²) in [4.78, 5) is 0. The quantitative estimate of drug-likeness (QED) is 0.607. The molecule has 0 amide bonds. The predicted molar refractivity (Wildman–Crippen MR) is 94.7 cm³/mol. The van der Waals surface area contributed by atoms with E-state index in [4.69, 9.17) is 4.74 Å². The fourth-order valence-corrected chi connectivity index (χ4v) is 3.79. The fourth-order valence-electron chi connectivity index (χ4n) is 3.79. The zero-order valence-electron chi connectivity index (χ0n) is 13.5. The molecule has 0 saturated heterocycles. The van der Waals surface area contributed by atoms with Crippen molar-refractivity contribution in [1.82, 2.24) is 0 Å². The Morgan fingerprint density at radius 2 is 1.48 bits per heavy atom. The number of rotatable bonds is 2. The molecule has 114 valence electrons.